The van der Waals surface area contributed by atoms with Gasteiger partial charge in [-0.05, 0) is 17.7 Å². The number of amides is 1. The molecular weight excluding hydrogens is 292 g/mol. The van der Waals surface area contributed by atoms with Crippen molar-refractivity contribution in [3.05, 3.63) is 71.1 Å². The monoisotopic (exact) mass is 306 g/mol. The third-order valence-corrected chi connectivity index (χ3v) is 5.04. The van der Waals surface area contributed by atoms with Gasteiger partial charge in [-0.2, -0.15) is 0 Å². The van der Waals surface area contributed by atoms with Crippen molar-refractivity contribution in [3.63, 3.8) is 0 Å². The van der Waals surface area contributed by atoms with Crippen molar-refractivity contribution in [3.8, 4) is 0 Å². The summed E-state index contributed by atoms with van der Waals surface area (Å²) >= 11 is 1.47. The molecule has 4 aromatic rings. The molecule has 3 nitrogen and oxygen atoms in total. The lowest BCUT2D eigenvalue weighted by molar-refractivity contribution is 0.100. The number of nitrogens with two attached hydrogens (primary N) is 1. The number of hydrogen-bond donors (Lipinski definition) is 1. The van der Waals surface area contributed by atoms with E-state index in [1.54, 1.807) is 0 Å². The molecule has 4 heteroatoms. The average Bonchev–Trinajstić information content (AvgIpc) is 3.08. The summed E-state index contributed by atoms with van der Waals surface area (Å²) in [6.07, 6.45) is 0. The maximum absolute atomic E-state index is 11.5. The summed E-state index contributed by atoms with van der Waals surface area (Å²) in [6, 6.07) is 20.5. The number of aromatic nitrogens is 1. The quantitative estimate of drug-likeness (QED) is 0.611. The zero-order chi connectivity index (χ0) is 15.1. The van der Waals surface area contributed by atoms with Crippen LogP contribution in [0.5, 0.6) is 0 Å². The summed E-state index contributed by atoms with van der Waals surface area (Å²) in [4.78, 5) is 13.2. The Morgan fingerprint density at radius 3 is 2.50 bits per heavy atom. The minimum absolute atomic E-state index is 0.364. The van der Waals surface area contributed by atoms with Gasteiger partial charge in [0.25, 0.3) is 5.91 Å². The first kappa shape index (κ1) is 13.1. The van der Waals surface area contributed by atoms with Crippen LogP contribution in [0.15, 0.2) is 60.7 Å². The number of fused-ring (bicyclic) bond motifs is 3. The Hall–Kier alpha value is -2.59. The first-order chi connectivity index (χ1) is 10.7. The number of hydrogen-bond acceptors (Lipinski definition) is 2. The van der Waals surface area contributed by atoms with E-state index in [1.807, 2.05) is 36.4 Å². The Morgan fingerprint density at radius 1 is 1.00 bits per heavy atom. The predicted molar refractivity (Wildman–Crippen MR) is 91.4 cm³/mol. The Labute approximate surface area is 131 Å². The molecule has 2 heterocycles. The van der Waals surface area contributed by atoms with Crippen LogP contribution in [-0.4, -0.2) is 10.5 Å². The zero-order valence-electron chi connectivity index (χ0n) is 11.8. The van der Waals surface area contributed by atoms with Crippen LogP contribution in [0.3, 0.4) is 0 Å². The van der Waals surface area contributed by atoms with Crippen LogP contribution >= 0.6 is 11.3 Å². The van der Waals surface area contributed by atoms with Crippen LogP contribution in [0.4, 0.5) is 0 Å². The third kappa shape index (κ3) is 2.00. The van der Waals surface area contributed by atoms with Gasteiger partial charge in [0.2, 0.25) is 0 Å². The molecule has 2 N–H and O–H groups in total. The number of para-hydroxylation sites is 1. The van der Waals surface area contributed by atoms with E-state index < -0.39 is 0 Å². The number of primary amides is 1. The molecule has 2 aromatic carbocycles. The van der Waals surface area contributed by atoms with Crippen molar-refractivity contribution in [2.75, 3.05) is 0 Å². The van der Waals surface area contributed by atoms with Gasteiger partial charge in [0.05, 0.1) is 10.4 Å². The lowest BCUT2D eigenvalue weighted by Crippen LogP contribution is -2.08. The molecule has 22 heavy (non-hydrogen) atoms. The van der Waals surface area contributed by atoms with E-state index >= 15 is 0 Å². The first-order valence-corrected chi connectivity index (χ1v) is 7.90. The van der Waals surface area contributed by atoms with Crippen LogP contribution in [0.25, 0.3) is 21.1 Å². The highest BCUT2D eigenvalue weighted by Gasteiger charge is 2.16. The molecule has 2 aromatic heterocycles. The van der Waals surface area contributed by atoms with E-state index in [-0.39, 0.29) is 5.91 Å². The first-order valence-electron chi connectivity index (χ1n) is 7.08. The van der Waals surface area contributed by atoms with Crippen LogP contribution < -0.4 is 5.73 Å². The molecule has 0 radical (unpaired) electrons. The normalized spacial score (nSPS) is 11.3. The summed E-state index contributed by atoms with van der Waals surface area (Å²) < 4.78 is 2.26. The van der Waals surface area contributed by atoms with E-state index in [1.165, 1.54) is 22.4 Å². The average molecular weight is 306 g/mol. The number of carbonyl (C=O) groups is 1. The molecule has 0 aliphatic heterocycles. The molecule has 0 unspecified atom stereocenters. The number of nitrogens with zero attached hydrogens (tertiary/aromatic N) is 1. The fourth-order valence-electron chi connectivity index (χ4n) is 2.87. The second-order valence-electron chi connectivity index (χ2n) is 5.28. The van der Waals surface area contributed by atoms with Gasteiger partial charge in [0.15, 0.2) is 0 Å². The lowest BCUT2D eigenvalue weighted by atomic mass is 10.2. The smallest absolute Gasteiger partial charge is 0.258 e. The molecule has 4 rings (SSSR count). The highest BCUT2D eigenvalue weighted by molar-refractivity contribution is 7.20. The lowest BCUT2D eigenvalue weighted by Gasteiger charge is -2.06. The fraction of sp³-hybridized carbons (Fsp3) is 0.0556. The van der Waals surface area contributed by atoms with Gasteiger partial charge < -0.3 is 10.3 Å². The molecule has 0 spiro atoms. The molecule has 0 fully saturated rings. The minimum Gasteiger partial charge on any atom is -0.365 e. The Morgan fingerprint density at radius 2 is 1.73 bits per heavy atom. The zero-order valence-corrected chi connectivity index (χ0v) is 12.6. The van der Waals surface area contributed by atoms with Gasteiger partial charge in [-0.15, -0.1) is 11.3 Å². The molecule has 0 aliphatic carbocycles. The van der Waals surface area contributed by atoms with Crippen molar-refractivity contribution in [1.29, 1.82) is 0 Å². The van der Waals surface area contributed by atoms with Crippen LogP contribution in [0, 0.1) is 0 Å². The van der Waals surface area contributed by atoms with Gasteiger partial charge in [0, 0.05) is 17.3 Å². The molecule has 1 amide bonds. The summed E-state index contributed by atoms with van der Waals surface area (Å²) in [5, 5.41) is 2.27. The molecule has 108 valence electrons. The molecular formula is C18H14N2OS. The third-order valence-electron chi connectivity index (χ3n) is 3.87. The van der Waals surface area contributed by atoms with Gasteiger partial charge in [-0.25, -0.2) is 0 Å². The fourth-order valence-corrected chi connectivity index (χ4v) is 3.90. The van der Waals surface area contributed by atoms with Gasteiger partial charge in [-0.3, -0.25) is 4.79 Å². The van der Waals surface area contributed by atoms with E-state index in [0.29, 0.717) is 4.88 Å². The number of thiophene rings is 1. The minimum atomic E-state index is -0.364. The second-order valence-corrected chi connectivity index (χ2v) is 6.31. The molecule has 0 aliphatic rings. The van der Waals surface area contributed by atoms with Crippen molar-refractivity contribution in [2.24, 2.45) is 5.73 Å². The summed E-state index contributed by atoms with van der Waals surface area (Å²) in [7, 11) is 0. The maximum atomic E-state index is 11.5. The number of carbonyl (C=O) groups excluding carboxylic acids is 1. The maximum Gasteiger partial charge on any atom is 0.258 e. The summed E-state index contributed by atoms with van der Waals surface area (Å²) in [5.41, 5.74) is 7.86. The van der Waals surface area contributed by atoms with Crippen molar-refractivity contribution < 1.29 is 4.79 Å². The van der Waals surface area contributed by atoms with Crippen LogP contribution in [-0.2, 0) is 6.54 Å². The molecule has 0 atom stereocenters. The van der Waals surface area contributed by atoms with Crippen LogP contribution in [0.1, 0.15) is 15.2 Å². The van der Waals surface area contributed by atoms with E-state index in [2.05, 4.69) is 28.8 Å². The topological polar surface area (TPSA) is 48.0 Å². The Bertz CT molecular complexity index is 982. The summed E-state index contributed by atoms with van der Waals surface area (Å²) in [5.74, 6) is -0.364. The molecule has 0 saturated heterocycles. The summed E-state index contributed by atoms with van der Waals surface area (Å²) in [6.45, 7) is 0.781. The van der Waals surface area contributed by atoms with Crippen molar-refractivity contribution >= 4 is 38.4 Å². The Kier molecular flexibility index (Phi) is 2.98. The highest BCUT2D eigenvalue weighted by atomic mass is 32.1. The number of rotatable bonds is 3. The predicted octanol–water partition coefficient (Wildman–Crippen LogP) is 4.00. The SMILES string of the molecule is NC(=O)c1cc2c3ccccc3n(Cc3ccccc3)c2s1. The van der Waals surface area contributed by atoms with Crippen LogP contribution in [0.2, 0.25) is 0 Å². The van der Waals surface area contributed by atoms with Gasteiger partial charge in [-0.1, -0.05) is 48.5 Å². The highest BCUT2D eigenvalue weighted by Crippen LogP contribution is 2.35. The molecule has 0 saturated carbocycles. The van der Waals surface area contributed by atoms with E-state index in [9.17, 15) is 4.79 Å². The van der Waals surface area contributed by atoms with E-state index in [4.69, 9.17) is 5.73 Å². The standard InChI is InChI=1S/C18H14N2OS/c19-17(21)16-10-14-13-8-4-5-9-15(13)20(18(14)22-16)11-12-6-2-1-3-7-12/h1-10H,11H2,(H2,19,21). The van der Waals surface area contributed by atoms with Gasteiger partial charge in [0.1, 0.15) is 4.83 Å². The number of benzene rings is 2. The Balaban J connectivity index is 1.98. The largest absolute Gasteiger partial charge is 0.365 e. The molecule has 0 bridgehead atoms. The van der Waals surface area contributed by atoms with Crippen molar-refractivity contribution in [1.82, 2.24) is 4.57 Å². The van der Waals surface area contributed by atoms with Gasteiger partial charge >= 0.3 is 0 Å². The van der Waals surface area contributed by atoms with Crippen molar-refractivity contribution in [2.45, 2.75) is 6.54 Å². The second kappa shape index (κ2) is 5.00. The van der Waals surface area contributed by atoms with E-state index in [0.717, 1.165) is 22.1 Å².